The lowest BCUT2D eigenvalue weighted by molar-refractivity contribution is 0.0866. The van der Waals surface area contributed by atoms with Crippen LogP contribution < -0.4 is 0 Å². The third-order valence-corrected chi connectivity index (χ3v) is 7.41. The van der Waals surface area contributed by atoms with E-state index >= 15 is 0 Å². The minimum absolute atomic E-state index is 0.0323. The van der Waals surface area contributed by atoms with Gasteiger partial charge >= 0.3 is 6.09 Å². The molecule has 33 heavy (non-hydrogen) atoms. The van der Waals surface area contributed by atoms with Gasteiger partial charge in [-0.25, -0.2) is 9.18 Å². The summed E-state index contributed by atoms with van der Waals surface area (Å²) in [6, 6.07) is 22.1. The van der Waals surface area contributed by atoms with Crippen LogP contribution in [-0.4, -0.2) is 29.7 Å². The number of carbonyl (C=O) groups is 1. The lowest BCUT2D eigenvalue weighted by atomic mass is 9.94. The molecule has 3 aromatic rings. The molecule has 2 atom stereocenters. The van der Waals surface area contributed by atoms with E-state index in [1.807, 2.05) is 36.1 Å². The third kappa shape index (κ3) is 3.36. The number of aryl methyl sites for hydroxylation is 1. The molecule has 1 amide bonds. The first-order valence-corrected chi connectivity index (χ1v) is 11.7. The Kier molecular flexibility index (Phi) is 4.83. The Hall–Kier alpha value is -3.40. The quantitative estimate of drug-likeness (QED) is 0.454. The van der Waals surface area contributed by atoms with Crippen molar-refractivity contribution in [3.05, 3.63) is 101 Å². The summed E-state index contributed by atoms with van der Waals surface area (Å²) < 4.78 is 20.5. The average Bonchev–Trinajstić information content (AvgIpc) is 3.28. The Labute approximate surface area is 193 Å². The van der Waals surface area contributed by atoms with Crippen molar-refractivity contribution < 1.29 is 13.9 Å². The number of ether oxygens (including phenoxy) is 1. The predicted octanol–water partition coefficient (Wildman–Crippen LogP) is 6.70. The molecular weight excluding hydrogens is 413 g/mol. The molecule has 0 N–H and O–H groups in total. The maximum atomic E-state index is 14.6. The molecule has 1 saturated heterocycles. The molecule has 1 fully saturated rings. The molecule has 0 saturated carbocycles. The molecule has 2 bridgehead atoms. The van der Waals surface area contributed by atoms with Gasteiger partial charge in [0.05, 0.1) is 6.04 Å². The summed E-state index contributed by atoms with van der Waals surface area (Å²) in [7, 11) is 0. The van der Waals surface area contributed by atoms with Gasteiger partial charge < -0.3 is 4.74 Å². The zero-order valence-corrected chi connectivity index (χ0v) is 18.6. The minimum Gasteiger partial charge on any atom is -0.448 e. The molecule has 0 spiro atoms. The van der Waals surface area contributed by atoms with E-state index in [1.54, 1.807) is 6.07 Å². The maximum absolute atomic E-state index is 14.6. The van der Waals surface area contributed by atoms with Crippen molar-refractivity contribution in [2.75, 3.05) is 6.61 Å². The Bertz CT molecular complexity index is 1230. The van der Waals surface area contributed by atoms with Crippen LogP contribution in [0.3, 0.4) is 0 Å². The number of nitrogens with zero attached hydrogens (tertiary/aromatic N) is 1. The number of benzene rings is 3. The lowest BCUT2D eigenvalue weighted by Gasteiger charge is -2.33. The van der Waals surface area contributed by atoms with Crippen LogP contribution in [0.5, 0.6) is 0 Å². The molecule has 0 aromatic heterocycles. The monoisotopic (exact) mass is 439 g/mol. The molecule has 4 heteroatoms. The largest absolute Gasteiger partial charge is 0.448 e. The molecule has 166 valence electrons. The molecule has 1 aliphatic carbocycles. The van der Waals surface area contributed by atoms with Crippen LogP contribution in [0.15, 0.2) is 72.8 Å². The van der Waals surface area contributed by atoms with Gasteiger partial charge in [0.2, 0.25) is 0 Å². The van der Waals surface area contributed by atoms with Gasteiger partial charge in [-0.05, 0) is 65.6 Å². The highest BCUT2D eigenvalue weighted by atomic mass is 19.1. The number of hydrogen-bond donors (Lipinski definition) is 0. The van der Waals surface area contributed by atoms with E-state index in [-0.39, 0.29) is 29.9 Å². The van der Waals surface area contributed by atoms with Gasteiger partial charge in [0, 0.05) is 17.5 Å². The molecule has 6 rings (SSSR count). The predicted molar refractivity (Wildman–Crippen MR) is 127 cm³/mol. The Morgan fingerprint density at radius 1 is 0.970 bits per heavy atom. The van der Waals surface area contributed by atoms with Crippen molar-refractivity contribution in [2.24, 2.45) is 0 Å². The van der Waals surface area contributed by atoms with Gasteiger partial charge in [-0.2, -0.15) is 0 Å². The van der Waals surface area contributed by atoms with Gasteiger partial charge in [-0.3, -0.25) is 4.90 Å². The molecule has 0 radical (unpaired) electrons. The van der Waals surface area contributed by atoms with E-state index in [9.17, 15) is 9.18 Å². The standard InChI is InChI=1S/C29H26FNO2/c1-18-10-13-22(28(30)14-18)19-15-20-11-12-21(16-19)31(20)29(32)33-17-27-25-8-4-2-6-23(25)24-7-3-5-9-26(24)27/h2-10,13-15,20-21,27H,11-12,16-17H2,1H3. The highest BCUT2D eigenvalue weighted by molar-refractivity contribution is 5.79. The van der Waals surface area contributed by atoms with Gasteiger partial charge in [-0.15, -0.1) is 0 Å². The first-order chi connectivity index (χ1) is 16.1. The van der Waals surface area contributed by atoms with E-state index in [4.69, 9.17) is 4.74 Å². The summed E-state index contributed by atoms with van der Waals surface area (Å²) in [4.78, 5) is 15.1. The number of amides is 1. The Morgan fingerprint density at radius 3 is 2.33 bits per heavy atom. The summed E-state index contributed by atoms with van der Waals surface area (Å²) in [6.45, 7) is 2.22. The normalized spacial score (nSPS) is 20.9. The number of carbonyl (C=O) groups excluding carboxylic acids is 1. The average molecular weight is 440 g/mol. The van der Waals surface area contributed by atoms with Crippen LogP contribution in [0, 0.1) is 12.7 Å². The summed E-state index contributed by atoms with van der Waals surface area (Å²) in [6.07, 6.45) is 4.29. The van der Waals surface area contributed by atoms with Crippen LogP contribution in [0.2, 0.25) is 0 Å². The fraction of sp³-hybridized carbons (Fsp3) is 0.276. The molecule has 3 aliphatic rings. The maximum Gasteiger partial charge on any atom is 0.410 e. The van der Waals surface area contributed by atoms with Gasteiger partial charge in [0.25, 0.3) is 0 Å². The topological polar surface area (TPSA) is 29.5 Å². The summed E-state index contributed by atoms with van der Waals surface area (Å²) in [5.41, 5.74) is 7.44. The molecule has 2 heterocycles. The fourth-order valence-electron chi connectivity index (χ4n) is 5.86. The zero-order chi connectivity index (χ0) is 22.5. The number of fused-ring (bicyclic) bond motifs is 5. The van der Waals surface area contributed by atoms with Crippen molar-refractivity contribution in [1.29, 1.82) is 0 Å². The van der Waals surface area contributed by atoms with Crippen molar-refractivity contribution >= 4 is 11.7 Å². The molecule has 3 nitrogen and oxygen atoms in total. The molecular formula is C29H26FNO2. The van der Waals surface area contributed by atoms with Crippen LogP contribution in [0.25, 0.3) is 16.7 Å². The third-order valence-electron chi connectivity index (χ3n) is 7.41. The van der Waals surface area contributed by atoms with Crippen molar-refractivity contribution in [3.63, 3.8) is 0 Å². The van der Waals surface area contributed by atoms with Gasteiger partial charge in [0.15, 0.2) is 0 Å². The summed E-state index contributed by atoms with van der Waals surface area (Å²) in [5.74, 6) is -0.133. The number of hydrogen-bond acceptors (Lipinski definition) is 2. The number of halogens is 1. The highest BCUT2D eigenvalue weighted by Crippen LogP contribution is 2.45. The van der Waals surface area contributed by atoms with E-state index < -0.39 is 0 Å². The second-order valence-corrected chi connectivity index (χ2v) is 9.39. The van der Waals surface area contributed by atoms with Gasteiger partial charge in [0.1, 0.15) is 12.4 Å². The highest BCUT2D eigenvalue weighted by Gasteiger charge is 2.41. The van der Waals surface area contributed by atoms with Gasteiger partial charge in [-0.1, -0.05) is 66.7 Å². The molecule has 2 unspecified atom stereocenters. The number of rotatable bonds is 3. The van der Waals surface area contributed by atoms with E-state index in [1.165, 1.54) is 22.3 Å². The summed E-state index contributed by atoms with van der Waals surface area (Å²) in [5, 5.41) is 0. The van der Waals surface area contributed by atoms with Crippen LogP contribution in [-0.2, 0) is 4.74 Å². The first-order valence-electron chi connectivity index (χ1n) is 11.7. The molecule has 3 aromatic carbocycles. The smallest absolute Gasteiger partial charge is 0.410 e. The second kappa shape index (κ2) is 7.87. The van der Waals surface area contributed by atoms with E-state index in [2.05, 4.69) is 42.5 Å². The Morgan fingerprint density at radius 2 is 1.67 bits per heavy atom. The van der Waals surface area contributed by atoms with Crippen LogP contribution in [0.4, 0.5) is 9.18 Å². The van der Waals surface area contributed by atoms with E-state index in [0.29, 0.717) is 18.6 Å². The van der Waals surface area contributed by atoms with Crippen LogP contribution in [0.1, 0.15) is 47.4 Å². The molecule has 2 aliphatic heterocycles. The minimum atomic E-state index is -0.260. The van der Waals surface area contributed by atoms with Crippen molar-refractivity contribution in [1.82, 2.24) is 4.90 Å². The zero-order valence-electron chi connectivity index (χ0n) is 18.6. The van der Waals surface area contributed by atoms with Crippen LogP contribution >= 0.6 is 0 Å². The fourth-order valence-corrected chi connectivity index (χ4v) is 5.86. The van der Waals surface area contributed by atoms with E-state index in [0.717, 1.165) is 24.0 Å². The SMILES string of the molecule is Cc1ccc(C2=CC3CCC(C2)N3C(=O)OCC2c3ccccc3-c3ccccc32)c(F)c1. The van der Waals surface area contributed by atoms with Crippen molar-refractivity contribution in [3.8, 4) is 11.1 Å². The lowest BCUT2D eigenvalue weighted by Crippen LogP contribution is -2.43. The van der Waals surface area contributed by atoms with Crippen molar-refractivity contribution in [2.45, 2.75) is 44.2 Å². The first kappa shape index (κ1) is 20.2. The second-order valence-electron chi connectivity index (χ2n) is 9.39. The summed E-state index contributed by atoms with van der Waals surface area (Å²) >= 11 is 0. The Balaban J connectivity index is 1.21.